The molecule has 3 rings (SSSR count). The molecule has 0 aliphatic carbocycles. The Morgan fingerprint density at radius 3 is 2.60 bits per heavy atom. The highest BCUT2D eigenvalue weighted by molar-refractivity contribution is 5.90. The molecule has 0 bridgehead atoms. The monoisotopic (exact) mass is 343 g/mol. The minimum absolute atomic E-state index is 0.109. The van der Waals surface area contributed by atoms with Gasteiger partial charge in [0.05, 0.1) is 5.69 Å². The summed E-state index contributed by atoms with van der Waals surface area (Å²) in [5, 5.41) is 14.2. The molecule has 6 nitrogen and oxygen atoms in total. The van der Waals surface area contributed by atoms with Crippen molar-refractivity contribution in [2.75, 3.05) is 5.32 Å². The average Bonchev–Trinajstić information content (AvgIpc) is 3.06. The number of hydrogen-bond donors (Lipinski definition) is 1. The molecule has 0 fully saturated rings. The molecular formula is C17H15F2N5O. The van der Waals surface area contributed by atoms with Crippen LogP contribution >= 0.6 is 0 Å². The molecule has 128 valence electrons. The van der Waals surface area contributed by atoms with Crippen LogP contribution in [0.3, 0.4) is 0 Å². The lowest BCUT2D eigenvalue weighted by Crippen LogP contribution is -2.21. The molecule has 2 aromatic carbocycles. The zero-order chi connectivity index (χ0) is 17.8. The van der Waals surface area contributed by atoms with Crippen LogP contribution in [0.1, 0.15) is 12.5 Å². The van der Waals surface area contributed by atoms with Gasteiger partial charge in [0.2, 0.25) is 11.7 Å². The molecule has 0 unspecified atom stereocenters. The van der Waals surface area contributed by atoms with Crippen LogP contribution in [-0.4, -0.2) is 26.1 Å². The van der Waals surface area contributed by atoms with Crippen LogP contribution in [0.25, 0.3) is 11.4 Å². The van der Waals surface area contributed by atoms with Gasteiger partial charge in [-0.15, -0.1) is 10.2 Å². The van der Waals surface area contributed by atoms with E-state index in [9.17, 15) is 13.6 Å². The first kappa shape index (κ1) is 16.7. The maximum Gasteiger partial charge on any atom is 0.248 e. The van der Waals surface area contributed by atoms with Crippen LogP contribution in [0, 0.1) is 11.6 Å². The highest BCUT2D eigenvalue weighted by Crippen LogP contribution is 2.16. The third-order valence-corrected chi connectivity index (χ3v) is 3.56. The Bertz CT molecular complexity index is 892. The molecule has 0 saturated heterocycles. The SMILES string of the molecule is CCc1ccc(-c2nnn(CC(=O)Nc3ccc(F)cc3F)n2)cc1. The summed E-state index contributed by atoms with van der Waals surface area (Å²) in [7, 11) is 0. The van der Waals surface area contributed by atoms with Crippen molar-refractivity contribution in [3.63, 3.8) is 0 Å². The first-order valence-electron chi connectivity index (χ1n) is 7.67. The Kier molecular flexibility index (Phi) is 4.78. The fourth-order valence-electron chi connectivity index (χ4n) is 2.22. The molecule has 25 heavy (non-hydrogen) atoms. The van der Waals surface area contributed by atoms with Gasteiger partial charge in [-0.05, 0) is 29.3 Å². The fourth-order valence-corrected chi connectivity index (χ4v) is 2.22. The van der Waals surface area contributed by atoms with Crippen LogP contribution < -0.4 is 5.32 Å². The van der Waals surface area contributed by atoms with E-state index in [1.165, 1.54) is 5.56 Å². The van der Waals surface area contributed by atoms with Crippen LogP contribution in [0.2, 0.25) is 0 Å². The van der Waals surface area contributed by atoms with E-state index >= 15 is 0 Å². The van der Waals surface area contributed by atoms with E-state index in [4.69, 9.17) is 0 Å². The van der Waals surface area contributed by atoms with Gasteiger partial charge in [-0.25, -0.2) is 8.78 Å². The summed E-state index contributed by atoms with van der Waals surface area (Å²) in [5.41, 5.74) is 1.87. The molecule has 8 heteroatoms. The molecule has 0 spiro atoms. The molecule has 1 heterocycles. The zero-order valence-corrected chi connectivity index (χ0v) is 13.4. The second-order valence-corrected chi connectivity index (χ2v) is 5.37. The minimum Gasteiger partial charge on any atom is -0.322 e. The van der Waals surface area contributed by atoms with E-state index in [1.54, 1.807) is 0 Å². The Hall–Kier alpha value is -3.16. The number of rotatable bonds is 5. The Morgan fingerprint density at radius 2 is 1.92 bits per heavy atom. The first-order chi connectivity index (χ1) is 12.0. The topological polar surface area (TPSA) is 72.7 Å². The lowest BCUT2D eigenvalue weighted by molar-refractivity contribution is -0.117. The summed E-state index contributed by atoms with van der Waals surface area (Å²) in [6.07, 6.45) is 0.931. The molecule has 1 N–H and O–H groups in total. The highest BCUT2D eigenvalue weighted by Gasteiger charge is 2.12. The largest absolute Gasteiger partial charge is 0.322 e. The second-order valence-electron chi connectivity index (χ2n) is 5.37. The Labute approximate surface area is 142 Å². The number of carbonyl (C=O) groups excluding carboxylic acids is 1. The Morgan fingerprint density at radius 1 is 1.16 bits per heavy atom. The predicted octanol–water partition coefficient (Wildman–Crippen LogP) is 2.82. The van der Waals surface area contributed by atoms with Crippen molar-refractivity contribution in [3.05, 3.63) is 59.7 Å². The van der Waals surface area contributed by atoms with Gasteiger partial charge in [0, 0.05) is 11.6 Å². The van der Waals surface area contributed by atoms with Crippen molar-refractivity contribution in [2.45, 2.75) is 19.9 Å². The first-order valence-corrected chi connectivity index (χ1v) is 7.67. The molecule has 0 aliphatic rings. The molecule has 3 aromatic rings. The second kappa shape index (κ2) is 7.16. The van der Waals surface area contributed by atoms with Gasteiger partial charge in [0.15, 0.2) is 0 Å². The van der Waals surface area contributed by atoms with Crippen molar-refractivity contribution >= 4 is 11.6 Å². The van der Waals surface area contributed by atoms with Crippen LogP contribution in [0.4, 0.5) is 14.5 Å². The smallest absolute Gasteiger partial charge is 0.248 e. The van der Waals surface area contributed by atoms with Crippen LogP contribution in [0.15, 0.2) is 42.5 Å². The number of carbonyl (C=O) groups is 1. The lowest BCUT2D eigenvalue weighted by atomic mass is 10.1. The van der Waals surface area contributed by atoms with Gasteiger partial charge < -0.3 is 5.32 Å². The summed E-state index contributed by atoms with van der Waals surface area (Å²) in [6.45, 7) is 1.82. The van der Waals surface area contributed by atoms with E-state index in [1.807, 2.05) is 24.3 Å². The van der Waals surface area contributed by atoms with Gasteiger partial charge >= 0.3 is 0 Å². The van der Waals surface area contributed by atoms with E-state index in [0.717, 1.165) is 28.9 Å². The third kappa shape index (κ3) is 4.03. The van der Waals surface area contributed by atoms with E-state index in [-0.39, 0.29) is 12.2 Å². The minimum atomic E-state index is -0.850. The number of aromatic nitrogens is 4. The van der Waals surface area contributed by atoms with E-state index in [0.29, 0.717) is 11.9 Å². The summed E-state index contributed by atoms with van der Waals surface area (Å²) in [6, 6.07) is 10.6. The number of nitrogens with one attached hydrogen (secondary N) is 1. The summed E-state index contributed by atoms with van der Waals surface area (Å²) in [5.74, 6) is -1.72. The molecule has 1 aromatic heterocycles. The van der Waals surface area contributed by atoms with Crippen molar-refractivity contribution in [2.24, 2.45) is 0 Å². The number of amides is 1. The zero-order valence-electron chi connectivity index (χ0n) is 13.4. The highest BCUT2D eigenvalue weighted by atomic mass is 19.1. The molecule has 0 radical (unpaired) electrons. The number of hydrogen-bond acceptors (Lipinski definition) is 4. The summed E-state index contributed by atoms with van der Waals surface area (Å²) < 4.78 is 26.4. The maximum absolute atomic E-state index is 13.5. The quantitative estimate of drug-likeness (QED) is 0.773. The maximum atomic E-state index is 13.5. The van der Waals surface area contributed by atoms with Crippen molar-refractivity contribution in [1.29, 1.82) is 0 Å². The number of nitrogens with zero attached hydrogens (tertiary/aromatic N) is 4. The van der Waals surface area contributed by atoms with Crippen LogP contribution in [-0.2, 0) is 17.8 Å². The summed E-state index contributed by atoms with van der Waals surface area (Å²) >= 11 is 0. The standard InChI is InChI=1S/C17H15F2N5O/c1-2-11-3-5-12(6-4-11)17-21-23-24(22-17)10-16(25)20-15-8-7-13(18)9-14(15)19/h3-9H,2,10H2,1H3,(H,20,25). The van der Waals surface area contributed by atoms with Gasteiger partial charge in [0.25, 0.3) is 0 Å². The van der Waals surface area contributed by atoms with Gasteiger partial charge in [0.1, 0.15) is 18.2 Å². The number of halogens is 2. The number of aryl methyl sites for hydroxylation is 1. The summed E-state index contributed by atoms with van der Waals surface area (Å²) in [4.78, 5) is 13.1. The predicted molar refractivity (Wildman–Crippen MR) is 87.6 cm³/mol. The molecule has 0 saturated carbocycles. The van der Waals surface area contributed by atoms with Crippen molar-refractivity contribution < 1.29 is 13.6 Å². The number of tetrazole rings is 1. The van der Waals surface area contributed by atoms with E-state index < -0.39 is 17.5 Å². The van der Waals surface area contributed by atoms with Crippen molar-refractivity contribution in [3.8, 4) is 11.4 Å². The Balaban J connectivity index is 1.67. The average molecular weight is 343 g/mol. The molecule has 0 atom stereocenters. The van der Waals surface area contributed by atoms with Gasteiger partial charge in [-0.1, -0.05) is 31.2 Å². The number of anilines is 1. The van der Waals surface area contributed by atoms with Crippen molar-refractivity contribution in [1.82, 2.24) is 20.2 Å². The van der Waals surface area contributed by atoms with Gasteiger partial charge in [-0.3, -0.25) is 4.79 Å². The third-order valence-electron chi connectivity index (χ3n) is 3.56. The van der Waals surface area contributed by atoms with Crippen LogP contribution in [0.5, 0.6) is 0 Å². The fraction of sp³-hybridized carbons (Fsp3) is 0.176. The number of benzene rings is 2. The lowest BCUT2D eigenvalue weighted by Gasteiger charge is -2.05. The molecule has 0 aliphatic heterocycles. The normalized spacial score (nSPS) is 10.7. The molecular weight excluding hydrogens is 328 g/mol. The van der Waals surface area contributed by atoms with Gasteiger partial charge in [-0.2, -0.15) is 4.80 Å². The molecule has 1 amide bonds. The van der Waals surface area contributed by atoms with E-state index in [2.05, 4.69) is 27.7 Å².